The fraction of sp³-hybridized carbons (Fsp3) is 0.235. The number of carbonyl (C=O) groups excluding carboxylic acids is 1. The summed E-state index contributed by atoms with van der Waals surface area (Å²) in [6, 6.07) is 9.21. The lowest BCUT2D eigenvalue weighted by Gasteiger charge is -2.15. The first-order chi connectivity index (χ1) is 13.8. The second-order valence-corrected chi connectivity index (χ2v) is 8.92. The fourth-order valence-corrected chi connectivity index (χ4v) is 4.61. The molecular weight excluding hydrogens is 445 g/mol. The number of alkyl halides is 3. The predicted octanol–water partition coefficient (Wildman–Crippen LogP) is 4.99. The molecule has 2 aromatic heterocycles. The Balaban J connectivity index is 1.48. The van der Waals surface area contributed by atoms with Crippen molar-refractivity contribution in [2.24, 2.45) is 0 Å². The number of nitrogens with one attached hydrogen (secondary N) is 1. The van der Waals surface area contributed by atoms with E-state index in [1.807, 2.05) is 17.5 Å². The second kappa shape index (κ2) is 9.46. The minimum Gasteiger partial charge on any atom is -0.406 e. The molecule has 3 rings (SSSR count). The third-order valence-electron chi connectivity index (χ3n) is 3.46. The molecule has 0 saturated heterocycles. The Morgan fingerprint density at radius 2 is 2.00 bits per heavy atom. The van der Waals surface area contributed by atoms with Crippen LogP contribution in [-0.2, 0) is 11.3 Å². The molecule has 29 heavy (non-hydrogen) atoms. The quantitative estimate of drug-likeness (QED) is 0.478. The van der Waals surface area contributed by atoms with Gasteiger partial charge in [-0.15, -0.1) is 34.7 Å². The number of ether oxygens (including phenoxy) is 1. The van der Waals surface area contributed by atoms with Crippen LogP contribution in [0.2, 0.25) is 0 Å². The Morgan fingerprint density at radius 1 is 1.24 bits per heavy atom. The molecule has 0 fully saturated rings. The monoisotopic (exact) mass is 460 g/mol. The van der Waals surface area contributed by atoms with Crippen LogP contribution in [0.5, 0.6) is 5.75 Å². The van der Waals surface area contributed by atoms with E-state index >= 15 is 0 Å². The molecule has 12 heteroatoms. The number of benzene rings is 1. The van der Waals surface area contributed by atoms with Gasteiger partial charge in [0.15, 0.2) is 4.34 Å². The summed E-state index contributed by atoms with van der Waals surface area (Å²) in [5.74, 6) is -0.0879. The van der Waals surface area contributed by atoms with Gasteiger partial charge < -0.3 is 15.0 Å². The molecule has 154 valence electrons. The summed E-state index contributed by atoms with van der Waals surface area (Å²) in [6.07, 6.45) is -4.73. The minimum atomic E-state index is -4.73. The van der Waals surface area contributed by atoms with Crippen molar-refractivity contribution in [2.45, 2.75) is 17.2 Å². The average Bonchev–Trinajstić information content (AvgIpc) is 3.32. The number of anilines is 2. The smallest absolute Gasteiger partial charge is 0.406 e. The van der Waals surface area contributed by atoms with Gasteiger partial charge in [0, 0.05) is 17.6 Å². The Hall–Kier alpha value is -2.31. The number of carbonyl (C=O) groups is 1. The van der Waals surface area contributed by atoms with Crippen LogP contribution in [0, 0.1) is 0 Å². The van der Waals surface area contributed by atoms with E-state index in [0.717, 1.165) is 4.88 Å². The number of amides is 1. The van der Waals surface area contributed by atoms with Crippen LogP contribution in [0.1, 0.15) is 4.88 Å². The Labute approximate surface area is 176 Å². The standard InChI is InChI=1S/C17H15F3N4O2S3/c1-24(9-13-3-2-8-27-13)14(25)10-28-16-23-22-15(29-16)21-11-4-6-12(7-5-11)26-17(18,19)20/h2-8H,9-10H2,1H3,(H,21,22). The van der Waals surface area contributed by atoms with Gasteiger partial charge in [0.05, 0.1) is 12.3 Å². The van der Waals surface area contributed by atoms with Crippen molar-refractivity contribution >= 4 is 51.2 Å². The predicted molar refractivity (Wildman–Crippen MR) is 108 cm³/mol. The van der Waals surface area contributed by atoms with Crippen molar-refractivity contribution in [1.82, 2.24) is 15.1 Å². The fourth-order valence-electron chi connectivity index (χ4n) is 2.14. The highest BCUT2D eigenvalue weighted by molar-refractivity contribution is 8.01. The first kappa shape index (κ1) is 21.4. The average molecular weight is 461 g/mol. The molecule has 2 heterocycles. The molecule has 3 aromatic rings. The molecule has 0 radical (unpaired) electrons. The molecular formula is C17H15F3N4O2S3. The van der Waals surface area contributed by atoms with E-state index in [-0.39, 0.29) is 17.4 Å². The van der Waals surface area contributed by atoms with Gasteiger partial charge in [0.1, 0.15) is 5.75 Å². The molecule has 6 nitrogen and oxygen atoms in total. The maximum absolute atomic E-state index is 12.2. The van der Waals surface area contributed by atoms with Gasteiger partial charge >= 0.3 is 6.36 Å². The topological polar surface area (TPSA) is 67.4 Å². The van der Waals surface area contributed by atoms with Crippen molar-refractivity contribution in [3.8, 4) is 5.75 Å². The van der Waals surface area contributed by atoms with Crippen molar-refractivity contribution in [2.75, 3.05) is 18.1 Å². The van der Waals surface area contributed by atoms with Crippen molar-refractivity contribution in [3.63, 3.8) is 0 Å². The number of nitrogens with zero attached hydrogens (tertiary/aromatic N) is 3. The van der Waals surface area contributed by atoms with Crippen molar-refractivity contribution < 1.29 is 22.7 Å². The highest BCUT2D eigenvalue weighted by Crippen LogP contribution is 2.29. The Morgan fingerprint density at radius 3 is 2.66 bits per heavy atom. The van der Waals surface area contributed by atoms with Gasteiger partial charge in [-0.25, -0.2) is 0 Å². The summed E-state index contributed by atoms with van der Waals surface area (Å²) in [4.78, 5) is 15.0. The lowest BCUT2D eigenvalue weighted by Crippen LogP contribution is -2.27. The number of rotatable bonds is 8. The summed E-state index contributed by atoms with van der Waals surface area (Å²) in [6.45, 7) is 0.564. The molecule has 0 aliphatic heterocycles. The minimum absolute atomic E-state index is 0.0200. The van der Waals surface area contributed by atoms with E-state index in [1.54, 1.807) is 23.3 Å². The van der Waals surface area contributed by atoms with Crippen LogP contribution in [-0.4, -0.2) is 40.2 Å². The van der Waals surface area contributed by atoms with Crippen LogP contribution in [0.3, 0.4) is 0 Å². The number of thioether (sulfide) groups is 1. The summed E-state index contributed by atoms with van der Waals surface area (Å²) in [5.41, 5.74) is 0.541. The van der Waals surface area contributed by atoms with E-state index in [9.17, 15) is 18.0 Å². The summed E-state index contributed by atoms with van der Waals surface area (Å²) in [7, 11) is 1.75. The van der Waals surface area contributed by atoms with Gasteiger partial charge in [-0.05, 0) is 35.7 Å². The lowest BCUT2D eigenvalue weighted by atomic mass is 10.3. The third kappa shape index (κ3) is 6.91. The summed E-state index contributed by atoms with van der Waals surface area (Å²) < 4.78 is 41.0. The number of halogens is 3. The second-order valence-electron chi connectivity index (χ2n) is 5.69. The van der Waals surface area contributed by atoms with E-state index in [1.165, 1.54) is 47.4 Å². The van der Waals surface area contributed by atoms with Crippen LogP contribution < -0.4 is 10.1 Å². The van der Waals surface area contributed by atoms with E-state index < -0.39 is 6.36 Å². The van der Waals surface area contributed by atoms with Crippen molar-refractivity contribution in [1.29, 1.82) is 0 Å². The molecule has 0 aliphatic carbocycles. The van der Waals surface area contributed by atoms with E-state index in [2.05, 4.69) is 20.3 Å². The summed E-state index contributed by atoms with van der Waals surface area (Å²) >= 11 is 4.13. The molecule has 0 unspecified atom stereocenters. The van der Waals surface area contributed by atoms with Gasteiger partial charge in [-0.1, -0.05) is 29.2 Å². The molecule has 1 amide bonds. The van der Waals surface area contributed by atoms with Crippen LogP contribution in [0.15, 0.2) is 46.1 Å². The SMILES string of the molecule is CN(Cc1cccs1)C(=O)CSc1nnc(Nc2ccc(OC(F)(F)F)cc2)s1. The van der Waals surface area contributed by atoms with Crippen molar-refractivity contribution in [3.05, 3.63) is 46.7 Å². The molecule has 0 aliphatic rings. The number of aromatic nitrogens is 2. The molecule has 0 bridgehead atoms. The van der Waals surface area contributed by atoms with Crippen LogP contribution >= 0.6 is 34.4 Å². The summed E-state index contributed by atoms with van der Waals surface area (Å²) in [5, 5.41) is 13.4. The number of hydrogen-bond acceptors (Lipinski definition) is 8. The number of hydrogen-bond donors (Lipinski definition) is 1. The van der Waals surface area contributed by atoms with Gasteiger partial charge in [0.25, 0.3) is 0 Å². The molecule has 0 atom stereocenters. The molecule has 0 spiro atoms. The van der Waals surface area contributed by atoms with E-state index in [0.29, 0.717) is 21.7 Å². The lowest BCUT2D eigenvalue weighted by molar-refractivity contribution is -0.274. The maximum Gasteiger partial charge on any atom is 0.573 e. The highest BCUT2D eigenvalue weighted by atomic mass is 32.2. The normalized spacial score (nSPS) is 11.3. The van der Waals surface area contributed by atoms with Gasteiger partial charge in [0.2, 0.25) is 11.0 Å². The highest BCUT2D eigenvalue weighted by Gasteiger charge is 2.30. The third-order valence-corrected chi connectivity index (χ3v) is 6.28. The zero-order valence-corrected chi connectivity index (χ0v) is 17.4. The van der Waals surface area contributed by atoms with Crippen LogP contribution in [0.25, 0.3) is 0 Å². The first-order valence-electron chi connectivity index (χ1n) is 8.14. The Kier molecular flexibility index (Phi) is 6.98. The zero-order chi connectivity index (χ0) is 20.9. The van der Waals surface area contributed by atoms with E-state index in [4.69, 9.17) is 0 Å². The largest absolute Gasteiger partial charge is 0.573 e. The molecule has 1 aromatic carbocycles. The number of thiophene rings is 1. The Bertz CT molecular complexity index is 930. The molecule has 1 N–H and O–H groups in total. The molecule has 0 saturated carbocycles. The van der Waals surface area contributed by atoms with Gasteiger partial charge in [-0.2, -0.15) is 0 Å². The van der Waals surface area contributed by atoms with Gasteiger partial charge in [-0.3, -0.25) is 4.79 Å². The first-order valence-corrected chi connectivity index (χ1v) is 10.8. The zero-order valence-electron chi connectivity index (χ0n) is 15.0. The van der Waals surface area contributed by atoms with Crippen LogP contribution in [0.4, 0.5) is 24.0 Å². The maximum atomic E-state index is 12.2.